The van der Waals surface area contributed by atoms with Gasteiger partial charge >= 0.3 is 0 Å². The minimum absolute atomic E-state index is 0.0301. The van der Waals surface area contributed by atoms with Crippen LogP contribution in [0.4, 0.5) is 14.5 Å². The molecule has 1 N–H and O–H groups in total. The Bertz CT molecular complexity index is 586. The van der Waals surface area contributed by atoms with E-state index in [1.165, 1.54) is 11.0 Å². The van der Waals surface area contributed by atoms with Crippen LogP contribution in [-0.2, 0) is 0 Å². The van der Waals surface area contributed by atoms with Gasteiger partial charge in [0, 0.05) is 10.6 Å². The molecule has 0 spiro atoms. The summed E-state index contributed by atoms with van der Waals surface area (Å²) in [6.45, 7) is 0. The third-order valence-electron chi connectivity index (χ3n) is 2.96. The summed E-state index contributed by atoms with van der Waals surface area (Å²) in [6, 6.07) is 11.5. The Balaban J connectivity index is 1.88. The van der Waals surface area contributed by atoms with E-state index in [1.807, 2.05) is 24.3 Å². The molecule has 0 saturated heterocycles. The average Bonchev–Trinajstić information content (AvgIpc) is 2.78. The predicted octanol–water partition coefficient (Wildman–Crippen LogP) is 4.22. The summed E-state index contributed by atoms with van der Waals surface area (Å²) >= 11 is 1.73. The van der Waals surface area contributed by atoms with Crippen LogP contribution in [0.2, 0.25) is 0 Å². The first-order valence-electron chi connectivity index (χ1n) is 5.67. The third-order valence-corrected chi connectivity index (χ3v) is 4.14. The standard InChI is InChI=1S/C14H11F2NS/c15-9-5-6-11(16)12(7-9)17-13-8-18-14-4-2-1-3-10(13)14/h1-7,13,17H,8H2. The molecule has 1 unspecified atom stereocenters. The molecule has 92 valence electrons. The smallest absolute Gasteiger partial charge is 0.146 e. The minimum Gasteiger partial charge on any atom is -0.375 e. The molecule has 18 heavy (non-hydrogen) atoms. The fourth-order valence-electron chi connectivity index (χ4n) is 2.08. The molecule has 0 amide bonds. The molecule has 0 saturated carbocycles. The third kappa shape index (κ3) is 2.08. The highest BCUT2D eigenvalue weighted by Gasteiger charge is 2.23. The number of benzene rings is 2. The van der Waals surface area contributed by atoms with Crippen molar-refractivity contribution >= 4 is 17.4 Å². The van der Waals surface area contributed by atoms with Crippen molar-refractivity contribution in [2.45, 2.75) is 10.9 Å². The van der Waals surface area contributed by atoms with Crippen LogP contribution in [0.3, 0.4) is 0 Å². The lowest BCUT2D eigenvalue weighted by atomic mass is 10.1. The van der Waals surface area contributed by atoms with Gasteiger partial charge in [-0.05, 0) is 29.8 Å². The van der Waals surface area contributed by atoms with E-state index in [0.29, 0.717) is 0 Å². The van der Waals surface area contributed by atoms with Gasteiger partial charge in [-0.3, -0.25) is 0 Å². The summed E-state index contributed by atoms with van der Waals surface area (Å²) < 4.78 is 26.7. The molecule has 0 fully saturated rings. The molecule has 0 aromatic heterocycles. The number of hydrogen-bond donors (Lipinski definition) is 1. The number of rotatable bonds is 2. The highest BCUT2D eigenvalue weighted by molar-refractivity contribution is 7.99. The highest BCUT2D eigenvalue weighted by Crippen LogP contribution is 2.39. The van der Waals surface area contributed by atoms with Gasteiger partial charge in [-0.15, -0.1) is 11.8 Å². The van der Waals surface area contributed by atoms with Gasteiger partial charge in [0.25, 0.3) is 0 Å². The number of thioether (sulfide) groups is 1. The summed E-state index contributed by atoms with van der Waals surface area (Å²) in [4.78, 5) is 1.20. The van der Waals surface area contributed by atoms with Crippen LogP contribution in [0.25, 0.3) is 0 Å². The van der Waals surface area contributed by atoms with Crippen molar-refractivity contribution in [1.29, 1.82) is 0 Å². The molecule has 4 heteroatoms. The fraction of sp³-hybridized carbons (Fsp3) is 0.143. The second-order valence-electron chi connectivity index (χ2n) is 4.17. The van der Waals surface area contributed by atoms with E-state index >= 15 is 0 Å². The first kappa shape index (κ1) is 11.5. The Hall–Kier alpha value is -1.55. The second kappa shape index (κ2) is 4.61. The molecule has 0 radical (unpaired) electrons. The number of nitrogens with one attached hydrogen (secondary N) is 1. The van der Waals surface area contributed by atoms with Crippen molar-refractivity contribution in [1.82, 2.24) is 0 Å². The van der Waals surface area contributed by atoms with Crippen LogP contribution in [0.1, 0.15) is 11.6 Å². The van der Waals surface area contributed by atoms with Gasteiger partial charge in [0.1, 0.15) is 11.6 Å². The van der Waals surface area contributed by atoms with Crippen LogP contribution in [0.5, 0.6) is 0 Å². The Morgan fingerprint density at radius 2 is 1.94 bits per heavy atom. The van der Waals surface area contributed by atoms with Crippen LogP contribution >= 0.6 is 11.8 Å². The molecule has 2 aromatic carbocycles. The van der Waals surface area contributed by atoms with Gasteiger partial charge in [0.2, 0.25) is 0 Å². The Kier molecular flexibility index (Phi) is 2.96. The highest BCUT2D eigenvalue weighted by atomic mass is 32.2. The lowest BCUT2D eigenvalue weighted by molar-refractivity contribution is 0.600. The Morgan fingerprint density at radius 1 is 1.11 bits per heavy atom. The largest absolute Gasteiger partial charge is 0.375 e. The summed E-state index contributed by atoms with van der Waals surface area (Å²) in [5.41, 5.74) is 1.36. The molecule has 3 rings (SSSR count). The molecular formula is C14H11F2NS. The van der Waals surface area contributed by atoms with Gasteiger partial charge in [-0.2, -0.15) is 0 Å². The van der Waals surface area contributed by atoms with Gasteiger partial charge in [-0.25, -0.2) is 8.78 Å². The molecule has 1 nitrogen and oxygen atoms in total. The molecule has 2 aromatic rings. The van der Waals surface area contributed by atoms with Crippen LogP contribution < -0.4 is 5.32 Å². The van der Waals surface area contributed by atoms with Crippen LogP contribution in [-0.4, -0.2) is 5.75 Å². The van der Waals surface area contributed by atoms with E-state index < -0.39 is 11.6 Å². The van der Waals surface area contributed by atoms with Crippen molar-refractivity contribution < 1.29 is 8.78 Å². The van der Waals surface area contributed by atoms with E-state index in [0.717, 1.165) is 23.4 Å². The first-order valence-corrected chi connectivity index (χ1v) is 6.66. The Morgan fingerprint density at radius 3 is 2.83 bits per heavy atom. The minimum atomic E-state index is -0.433. The van der Waals surface area contributed by atoms with Crippen molar-refractivity contribution in [3.63, 3.8) is 0 Å². The second-order valence-corrected chi connectivity index (χ2v) is 5.23. The Labute approximate surface area is 108 Å². The maximum atomic E-state index is 13.6. The predicted molar refractivity (Wildman–Crippen MR) is 69.9 cm³/mol. The molecule has 0 bridgehead atoms. The molecule has 1 aliphatic heterocycles. The number of anilines is 1. The van der Waals surface area contributed by atoms with Gasteiger partial charge < -0.3 is 5.32 Å². The van der Waals surface area contributed by atoms with Crippen LogP contribution in [0.15, 0.2) is 47.4 Å². The topological polar surface area (TPSA) is 12.0 Å². The summed E-state index contributed by atoms with van der Waals surface area (Å²) in [5, 5.41) is 3.07. The SMILES string of the molecule is Fc1ccc(F)c(NC2CSc3ccccc32)c1. The van der Waals surface area contributed by atoms with Crippen LogP contribution in [0, 0.1) is 11.6 Å². The number of fused-ring (bicyclic) bond motifs is 1. The van der Waals surface area contributed by atoms with E-state index in [4.69, 9.17) is 0 Å². The summed E-state index contributed by atoms with van der Waals surface area (Å²) in [7, 11) is 0. The van der Waals surface area contributed by atoms with Gasteiger partial charge in [-0.1, -0.05) is 18.2 Å². The van der Waals surface area contributed by atoms with E-state index in [2.05, 4.69) is 5.32 Å². The maximum absolute atomic E-state index is 13.6. The zero-order chi connectivity index (χ0) is 12.5. The van der Waals surface area contributed by atoms with Gasteiger partial charge in [0.15, 0.2) is 0 Å². The van der Waals surface area contributed by atoms with Crippen molar-refractivity contribution in [2.75, 3.05) is 11.1 Å². The number of halogens is 2. The van der Waals surface area contributed by atoms with E-state index in [-0.39, 0.29) is 11.7 Å². The monoisotopic (exact) mass is 263 g/mol. The fourth-order valence-corrected chi connectivity index (χ4v) is 3.24. The van der Waals surface area contributed by atoms with Gasteiger partial charge in [0.05, 0.1) is 11.7 Å². The first-order chi connectivity index (χ1) is 8.74. The molecular weight excluding hydrogens is 252 g/mol. The normalized spacial score (nSPS) is 17.6. The molecule has 1 atom stereocenters. The molecule has 1 aliphatic rings. The summed E-state index contributed by atoms with van der Waals surface area (Å²) in [5.74, 6) is -0.0291. The zero-order valence-corrected chi connectivity index (χ0v) is 10.3. The van der Waals surface area contributed by atoms with Crippen molar-refractivity contribution in [3.8, 4) is 0 Å². The zero-order valence-electron chi connectivity index (χ0n) is 9.49. The van der Waals surface area contributed by atoms with Crippen molar-refractivity contribution in [2.24, 2.45) is 0 Å². The average molecular weight is 263 g/mol. The maximum Gasteiger partial charge on any atom is 0.146 e. The lowest BCUT2D eigenvalue weighted by Crippen LogP contribution is -2.11. The lowest BCUT2D eigenvalue weighted by Gasteiger charge is -2.15. The molecule has 1 heterocycles. The van der Waals surface area contributed by atoms with Crippen molar-refractivity contribution in [3.05, 3.63) is 59.7 Å². The van der Waals surface area contributed by atoms with E-state index in [1.54, 1.807) is 11.8 Å². The molecule has 0 aliphatic carbocycles. The number of hydrogen-bond acceptors (Lipinski definition) is 2. The van der Waals surface area contributed by atoms with E-state index in [9.17, 15) is 8.78 Å². The summed E-state index contributed by atoms with van der Waals surface area (Å²) in [6.07, 6.45) is 0. The quantitative estimate of drug-likeness (QED) is 0.870.